The van der Waals surface area contributed by atoms with Crippen LogP contribution < -0.4 is 5.56 Å². The van der Waals surface area contributed by atoms with Crippen LogP contribution >= 0.6 is 31.9 Å². The van der Waals surface area contributed by atoms with Crippen molar-refractivity contribution < 1.29 is 5.11 Å². The summed E-state index contributed by atoms with van der Waals surface area (Å²) in [7, 11) is 0. The van der Waals surface area contributed by atoms with E-state index in [-0.39, 0.29) is 12.2 Å². The number of aliphatic hydroxyl groups is 1. The van der Waals surface area contributed by atoms with E-state index in [1.807, 2.05) is 0 Å². The molecule has 5 heteroatoms. The lowest BCUT2D eigenvalue weighted by Gasteiger charge is -2.06. The molecule has 0 aromatic carbocycles. The van der Waals surface area contributed by atoms with E-state index >= 15 is 0 Å². The lowest BCUT2D eigenvalue weighted by atomic mass is 10.2. The van der Waals surface area contributed by atoms with Crippen molar-refractivity contribution in [1.82, 2.24) is 4.57 Å². The monoisotopic (exact) mass is 337 g/mol. The number of unbranched alkanes of at least 4 members (excludes halogenated alkanes) is 2. The Morgan fingerprint density at radius 2 is 2.00 bits per heavy atom. The molecule has 0 aliphatic heterocycles. The van der Waals surface area contributed by atoms with Crippen LogP contribution in [0, 0.1) is 0 Å². The third-order valence-electron chi connectivity index (χ3n) is 2.07. The van der Waals surface area contributed by atoms with Crippen molar-refractivity contribution in [3.8, 4) is 0 Å². The fourth-order valence-corrected chi connectivity index (χ4v) is 2.56. The molecule has 0 unspecified atom stereocenters. The van der Waals surface area contributed by atoms with Crippen molar-refractivity contribution in [1.29, 1.82) is 0 Å². The Labute approximate surface area is 105 Å². The second kappa shape index (κ2) is 6.45. The van der Waals surface area contributed by atoms with Crippen LogP contribution in [0.2, 0.25) is 0 Å². The Morgan fingerprint density at radius 1 is 1.27 bits per heavy atom. The molecule has 0 amide bonds. The first kappa shape index (κ1) is 12.9. The summed E-state index contributed by atoms with van der Waals surface area (Å²) in [4.78, 5) is 11.6. The number of halogens is 2. The fourth-order valence-electron chi connectivity index (χ4n) is 1.30. The minimum Gasteiger partial charge on any atom is -0.396 e. The van der Waals surface area contributed by atoms with Crippen molar-refractivity contribution >= 4 is 31.9 Å². The highest BCUT2D eigenvalue weighted by Gasteiger charge is 2.02. The second-order valence-corrected chi connectivity index (χ2v) is 5.06. The topological polar surface area (TPSA) is 42.2 Å². The predicted molar refractivity (Wildman–Crippen MR) is 67.0 cm³/mol. The number of hydrogen-bond donors (Lipinski definition) is 1. The van der Waals surface area contributed by atoms with Crippen LogP contribution in [-0.4, -0.2) is 16.3 Å². The zero-order valence-electron chi connectivity index (χ0n) is 8.25. The molecule has 0 aliphatic carbocycles. The number of aromatic nitrogens is 1. The highest BCUT2D eigenvalue weighted by atomic mass is 79.9. The third kappa shape index (κ3) is 4.09. The van der Waals surface area contributed by atoms with Gasteiger partial charge in [0.2, 0.25) is 0 Å². The van der Waals surface area contributed by atoms with Crippen LogP contribution in [-0.2, 0) is 6.54 Å². The molecule has 84 valence electrons. The zero-order valence-corrected chi connectivity index (χ0v) is 11.4. The number of aryl methyl sites for hydroxylation is 1. The maximum absolute atomic E-state index is 11.6. The number of rotatable bonds is 5. The van der Waals surface area contributed by atoms with Crippen LogP contribution in [0.5, 0.6) is 0 Å². The Bertz CT molecular complexity index is 376. The molecule has 15 heavy (non-hydrogen) atoms. The smallest absolute Gasteiger partial charge is 0.264 e. The molecule has 3 nitrogen and oxygen atoms in total. The molecular formula is C10H13Br2NO2. The van der Waals surface area contributed by atoms with Crippen LogP contribution in [0.1, 0.15) is 19.3 Å². The van der Waals surface area contributed by atoms with Gasteiger partial charge in [-0.25, -0.2) is 0 Å². The number of pyridine rings is 1. The Balaban J connectivity index is 2.64. The van der Waals surface area contributed by atoms with Gasteiger partial charge < -0.3 is 9.67 Å². The molecule has 0 spiro atoms. The molecule has 1 heterocycles. The van der Waals surface area contributed by atoms with Crippen LogP contribution in [0.15, 0.2) is 26.0 Å². The van der Waals surface area contributed by atoms with E-state index in [2.05, 4.69) is 31.9 Å². The molecule has 0 atom stereocenters. The van der Waals surface area contributed by atoms with Crippen molar-refractivity contribution in [3.05, 3.63) is 31.6 Å². The molecule has 1 aromatic heterocycles. The fraction of sp³-hybridized carbons (Fsp3) is 0.500. The molecule has 0 radical (unpaired) electrons. The van der Waals surface area contributed by atoms with Crippen molar-refractivity contribution in [2.75, 3.05) is 6.61 Å². The predicted octanol–water partition coefficient (Wildman–Crippen LogP) is 2.54. The molecular weight excluding hydrogens is 326 g/mol. The minimum atomic E-state index is -0.0119. The number of aliphatic hydroxyl groups excluding tert-OH is 1. The van der Waals surface area contributed by atoms with Crippen LogP contribution in [0.3, 0.4) is 0 Å². The number of nitrogens with zero attached hydrogens (tertiary/aromatic N) is 1. The quantitative estimate of drug-likeness (QED) is 0.838. The van der Waals surface area contributed by atoms with Crippen LogP contribution in [0.4, 0.5) is 0 Å². The van der Waals surface area contributed by atoms with Crippen molar-refractivity contribution in [3.63, 3.8) is 0 Å². The van der Waals surface area contributed by atoms with E-state index in [1.165, 1.54) is 0 Å². The van der Waals surface area contributed by atoms with Gasteiger partial charge in [-0.3, -0.25) is 4.79 Å². The average molecular weight is 339 g/mol. The van der Waals surface area contributed by atoms with Gasteiger partial charge in [0.25, 0.3) is 5.56 Å². The minimum absolute atomic E-state index is 0.0119. The van der Waals surface area contributed by atoms with E-state index in [0.29, 0.717) is 11.0 Å². The summed E-state index contributed by atoms with van der Waals surface area (Å²) in [6.07, 6.45) is 4.42. The van der Waals surface area contributed by atoms with Crippen molar-refractivity contribution in [2.45, 2.75) is 25.8 Å². The summed E-state index contributed by atoms with van der Waals surface area (Å²) in [5.41, 5.74) is -0.0119. The van der Waals surface area contributed by atoms with Gasteiger partial charge in [0, 0.05) is 23.8 Å². The highest BCUT2D eigenvalue weighted by Crippen LogP contribution is 2.13. The Morgan fingerprint density at radius 3 is 2.67 bits per heavy atom. The van der Waals surface area contributed by atoms with E-state index in [4.69, 9.17) is 5.11 Å². The van der Waals surface area contributed by atoms with Gasteiger partial charge in [0.05, 0.1) is 4.47 Å². The summed E-state index contributed by atoms with van der Waals surface area (Å²) in [5.74, 6) is 0. The summed E-state index contributed by atoms with van der Waals surface area (Å²) in [5, 5.41) is 8.62. The summed E-state index contributed by atoms with van der Waals surface area (Å²) in [6.45, 7) is 0.911. The largest absolute Gasteiger partial charge is 0.396 e. The van der Waals surface area contributed by atoms with Gasteiger partial charge in [-0.2, -0.15) is 0 Å². The Kier molecular flexibility index (Phi) is 5.56. The SMILES string of the molecule is O=c1c(Br)cc(Br)cn1CCCCCO. The van der Waals surface area contributed by atoms with Gasteiger partial charge in [-0.1, -0.05) is 0 Å². The molecule has 1 N–H and O–H groups in total. The number of hydrogen-bond acceptors (Lipinski definition) is 2. The maximum Gasteiger partial charge on any atom is 0.264 e. The van der Waals surface area contributed by atoms with E-state index < -0.39 is 0 Å². The molecule has 0 fully saturated rings. The first-order chi connectivity index (χ1) is 7.15. The van der Waals surface area contributed by atoms with Gasteiger partial charge in [0.15, 0.2) is 0 Å². The highest BCUT2D eigenvalue weighted by molar-refractivity contribution is 9.11. The summed E-state index contributed by atoms with van der Waals surface area (Å²) in [6, 6.07) is 1.74. The van der Waals surface area contributed by atoms with Gasteiger partial charge in [-0.05, 0) is 57.2 Å². The lowest BCUT2D eigenvalue weighted by Crippen LogP contribution is -2.20. The summed E-state index contributed by atoms with van der Waals surface area (Å²) < 4.78 is 3.13. The normalized spacial score (nSPS) is 10.6. The Hall–Kier alpha value is -0.130. The van der Waals surface area contributed by atoms with Gasteiger partial charge >= 0.3 is 0 Å². The third-order valence-corrected chi connectivity index (χ3v) is 3.07. The first-order valence-electron chi connectivity index (χ1n) is 4.81. The van der Waals surface area contributed by atoms with Gasteiger partial charge in [-0.15, -0.1) is 0 Å². The molecule has 0 aliphatic rings. The first-order valence-corrected chi connectivity index (χ1v) is 6.40. The lowest BCUT2D eigenvalue weighted by molar-refractivity contribution is 0.281. The molecule has 1 aromatic rings. The average Bonchev–Trinajstić information content (AvgIpc) is 2.19. The van der Waals surface area contributed by atoms with Gasteiger partial charge in [0.1, 0.15) is 0 Å². The molecule has 0 saturated heterocycles. The second-order valence-electron chi connectivity index (χ2n) is 3.29. The van der Waals surface area contributed by atoms with Crippen molar-refractivity contribution in [2.24, 2.45) is 0 Å². The summed E-state index contributed by atoms with van der Waals surface area (Å²) >= 11 is 6.56. The molecule has 1 rings (SSSR count). The van der Waals surface area contributed by atoms with E-state index in [9.17, 15) is 4.79 Å². The standard InChI is InChI=1S/C10H13Br2NO2/c11-8-6-9(12)10(15)13(7-8)4-2-1-3-5-14/h6-7,14H,1-5H2. The zero-order chi connectivity index (χ0) is 11.3. The molecule has 0 bridgehead atoms. The van der Waals surface area contributed by atoms with E-state index in [1.54, 1.807) is 16.8 Å². The molecule has 0 saturated carbocycles. The maximum atomic E-state index is 11.6. The van der Waals surface area contributed by atoms with Crippen LogP contribution in [0.25, 0.3) is 0 Å². The van der Waals surface area contributed by atoms with E-state index in [0.717, 1.165) is 23.7 Å².